The Kier molecular flexibility index (Phi) is 7.28. The standard InChI is InChI=1S/C23H29N5O/c1-18-9-10-20(21(15-18)29-3)16-27-23(24-2)26-12-11-22-25-13-14-28(22)17-19-7-5-4-6-8-19/h4-10,13-15H,11-12,16-17H2,1-3H3,(H2,24,26,27). The summed E-state index contributed by atoms with van der Waals surface area (Å²) in [6.45, 7) is 4.28. The molecule has 0 radical (unpaired) electrons. The van der Waals surface area contributed by atoms with Crippen molar-refractivity contribution in [3.8, 4) is 5.75 Å². The second-order valence-electron chi connectivity index (χ2n) is 6.87. The number of nitrogens with one attached hydrogen (secondary N) is 2. The molecule has 0 atom stereocenters. The zero-order chi connectivity index (χ0) is 20.5. The van der Waals surface area contributed by atoms with Crippen molar-refractivity contribution in [1.82, 2.24) is 20.2 Å². The highest BCUT2D eigenvalue weighted by Crippen LogP contribution is 2.19. The van der Waals surface area contributed by atoms with Crippen LogP contribution in [0.25, 0.3) is 0 Å². The molecule has 3 aromatic rings. The third kappa shape index (κ3) is 5.85. The molecule has 29 heavy (non-hydrogen) atoms. The third-order valence-electron chi connectivity index (χ3n) is 4.75. The minimum Gasteiger partial charge on any atom is -0.496 e. The van der Waals surface area contributed by atoms with Crippen LogP contribution in [-0.4, -0.2) is 36.2 Å². The molecule has 6 heteroatoms. The maximum absolute atomic E-state index is 5.47. The number of aromatic nitrogens is 2. The fraction of sp³-hybridized carbons (Fsp3) is 0.304. The van der Waals surface area contributed by atoms with Crippen LogP contribution in [0.3, 0.4) is 0 Å². The van der Waals surface area contributed by atoms with E-state index >= 15 is 0 Å². The summed E-state index contributed by atoms with van der Waals surface area (Å²) in [4.78, 5) is 8.82. The lowest BCUT2D eigenvalue weighted by Gasteiger charge is -2.14. The van der Waals surface area contributed by atoms with Gasteiger partial charge in [-0.15, -0.1) is 0 Å². The van der Waals surface area contributed by atoms with E-state index in [-0.39, 0.29) is 0 Å². The highest BCUT2D eigenvalue weighted by Gasteiger charge is 2.07. The van der Waals surface area contributed by atoms with Crippen molar-refractivity contribution < 1.29 is 4.74 Å². The Morgan fingerprint density at radius 3 is 2.72 bits per heavy atom. The topological polar surface area (TPSA) is 63.5 Å². The number of guanidine groups is 1. The molecule has 0 bridgehead atoms. The third-order valence-corrected chi connectivity index (χ3v) is 4.75. The van der Waals surface area contributed by atoms with E-state index in [2.05, 4.69) is 68.5 Å². The lowest BCUT2D eigenvalue weighted by atomic mass is 10.1. The van der Waals surface area contributed by atoms with Gasteiger partial charge in [-0.2, -0.15) is 0 Å². The molecule has 0 aliphatic carbocycles. The predicted molar refractivity (Wildman–Crippen MR) is 117 cm³/mol. The van der Waals surface area contributed by atoms with Gasteiger partial charge in [0.05, 0.1) is 7.11 Å². The van der Waals surface area contributed by atoms with Gasteiger partial charge in [0.2, 0.25) is 0 Å². The van der Waals surface area contributed by atoms with Crippen molar-refractivity contribution in [2.75, 3.05) is 20.7 Å². The van der Waals surface area contributed by atoms with Crippen LogP contribution >= 0.6 is 0 Å². The summed E-state index contributed by atoms with van der Waals surface area (Å²) in [5, 5.41) is 6.71. The first kappa shape index (κ1) is 20.5. The molecule has 0 saturated heterocycles. The van der Waals surface area contributed by atoms with E-state index < -0.39 is 0 Å². The molecular formula is C23H29N5O. The van der Waals surface area contributed by atoms with E-state index in [1.807, 2.05) is 24.5 Å². The Labute approximate surface area is 172 Å². The number of ether oxygens (including phenoxy) is 1. The number of hydrogen-bond acceptors (Lipinski definition) is 3. The SMILES string of the molecule is CN=C(NCCc1nccn1Cc1ccccc1)NCc1ccc(C)cc1OC. The fourth-order valence-corrected chi connectivity index (χ4v) is 3.18. The minimum absolute atomic E-state index is 0.645. The molecular weight excluding hydrogens is 362 g/mol. The van der Waals surface area contributed by atoms with Crippen LogP contribution in [-0.2, 0) is 19.5 Å². The van der Waals surface area contributed by atoms with Gasteiger partial charge in [0.25, 0.3) is 0 Å². The molecule has 2 N–H and O–H groups in total. The van der Waals surface area contributed by atoms with Crippen LogP contribution in [0, 0.1) is 6.92 Å². The Hall–Kier alpha value is -3.28. The van der Waals surface area contributed by atoms with E-state index in [1.54, 1.807) is 14.2 Å². The Morgan fingerprint density at radius 2 is 1.97 bits per heavy atom. The van der Waals surface area contributed by atoms with Gasteiger partial charge in [0.1, 0.15) is 11.6 Å². The van der Waals surface area contributed by atoms with E-state index in [4.69, 9.17) is 4.74 Å². The van der Waals surface area contributed by atoms with Crippen LogP contribution in [0.2, 0.25) is 0 Å². The van der Waals surface area contributed by atoms with Crippen LogP contribution in [0.4, 0.5) is 0 Å². The Bertz CT molecular complexity index is 933. The average Bonchev–Trinajstić information content (AvgIpc) is 3.18. The normalized spacial score (nSPS) is 11.3. The molecule has 0 amide bonds. The summed E-state index contributed by atoms with van der Waals surface area (Å²) in [7, 11) is 3.47. The van der Waals surface area contributed by atoms with Crippen molar-refractivity contribution >= 4 is 5.96 Å². The molecule has 0 unspecified atom stereocenters. The maximum Gasteiger partial charge on any atom is 0.191 e. The number of methoxy groups -OCH3 is 1. The van der Waals surface area contributed by atoms with Crippen LogP contribution < -0.4 is 15.4 Å². The molecule has 0 spiro atoms. The highest BCUT2D eigenvalue weighted by atomic mass is 16.5. The first-order valence-electron chi connectivity index (χ1n) is 9.81. The number of aliphatic imine (C=N–C) groups is 1. The molecule has 0 saturated carbocycles. The van der Waals surface area contributed by atoms with E-state index in [9.17, 15) is 0 Å². The van der Waals surface area contributed by atoms with Crippen LogP contribution in [0.15, 0.2) is 65.9 Å². The van der Waals surface area contributed by atoms with Crippen molar-refractivity contribution in [3.63, 3.8) is 0 Å². The van der Waals surface area contributed by atoms with Gasteiger partial charge in [0, 0.05) is 51.1 Å². The summed E-state index contributed by atoms with van der Waals surface area (Å²) in [6, 6.07) is 16.6. The Balaban J connectivity index is 1.50. The zero-order valence-corrected chi connectivity index (χ0v) is 17.4. The van der Waals surface area contributed by atoms with E-state index in [1.165, 1.54) is 11.1 Å². The zero-order valence-electron chi connectivity index (χ0n) is 17.4. The summed E-state index contributed by atoms with van der Waals surface area (Å²) in [5.74, 6) is 2.70. The van der Waals surface area contributed by atoms with Gasteiger partial charge in [-0.25, -0.2) is 4.98 Å². The first-order valence-corrected chi connectivity index (χ1v) is 9.81. The van der Waals surface area contributed by atoms with Gasteiger partial charge in [-0.05, 0) is 24.1 Å². The van der Waals surface area contributed by atoms with E-state index in [0.29, 0.717) is 6.54 Å². The second kappa shape index (κ2) is 10.3. The van der Waals surface area contributed by atoms with Gasteiger partial charge < -0.3 is 19.9 Å². The molecule has 0 aliphatic rings. The van der Waals surface area contributed by atoms with Gasteiger partial charge in [-0.3, -0.25) is 4.99 Å². The van der Waals surface area contributed by atoms with Gasteiger partial charge >= 0.3 is 0 Å². The van der Waals surface area contributed by atoms with Crippen molar-refractivity contribution in [2.45, 2.75) is 26.4 Å². The molecule has 1 heterocycles. The van der Waals surface area contributed by atoms with Gasteiger partial charge in [0.15, 0.2) is 5.96 Å². The number of nitrogens with zero attached hydrogens (tertiary/aromatic N) is 3. The summed E-state index contributed by atoms with van der Waals surface area (Å²) in [5.41, 5.74) is 3.54. The molecule has 152 valence electrons. The average molecular weight is 392 g/mol. The monoisotopic (exact) mass is 391 g/mol. The lowest BCUT2D eigenvalue weighted by Crippen LogP contribution is -2.38. The fourth-order valence-electron chi connectivity index (χ4n) is 3.18. The maximum atomic E-state index is 5.47. The lowest BCUT2D eigenvalue weighted by molar-refractivity contribution is 0.408. The number of rotatable bonds is 8. The van der Waals surface area contributed by atoms with Crippen molar-refractivity contribution in [1.29, 1.82) is 0 Å². The van der Waals surface area contributed by atoms with Gasteiger partial charge in [-0.1, -0.05) is 42.5 Å². The molecule has 3 rings (SSSR count). The summed E-state index contributed by atoms with van der Waals surface area (Å²) >= 11 is 0. The van der Waals surface area contributed by atoms with Crippen molar-refractivity contribution in [3.05, 3.63) is 83.4 Å². The molecule has 6 nitrogen and oxygen atoms in total. The molecule has 0 aliphatic heterocycles. The second-order valence-corrected chi connectivity index (χ2v) is 6.87. The number of aryl methyl sites for hydroxylation is 1. The molecule has 0 fully saturated rings. The van der Waals surface area contributed by atoms with E-state index in [0.717, 1.165) is 42.6 Å². The highest BCUT2D eigenvalue weighted by molar-refractivity contribution is 5.79. The quantitative estimate of drug-likeness (QED) is 0.457. The smallest absolute Gasteiger partial charge is 0.191 e. The molecule has 2 aromatic carbocycles. The van der Waals surface area contributed by atoms with Crippen molar-refractivity contribution in [2.24, 2.45) is 4.99 Å². The number of hydrogen-bond donors (Lipinski definition) is 2. The number of benzene rings is 2. The predicted octanol–water partition coefficient (Wildman–Crippen LogP) is 3.16. The van der Waals surface area contributed by atoms with Crippen LogP contribution in [0.5, 0.6) is 5.75 Å². The molecule has 1 aromatic heterocycles. The Morgan fingerprint density at radius 1 is 1.14 bits per heavy atom. The number of imidazole rings is 1. The summed E-state index contributed by atoms with van der Waals surface area (Å²) in [6.07, 6.45) is 4.70. The summed E-state index contributed by atoms with van der Waals surface area (Å²) < 4.78 is 7.66. The van der Waals surface area contributed by atoms with Crippen LogP contribution in [0.1, 0.15) is 22.5 Å². The first-order chi connectivity index (χ1) is 14.2. The minimum atomic E-state index is 0.645. The largest absolute Gasteiger partial charge is 0.496 e.